The van der Waals surface area contributed by atoms with Crippen LogP contribution in [0, 0.1) is 13.8 Å². The van der Waals surface area contributed by atoms with E-state index in [0.29, 0.717) is 0 Å². The SMILES string of the molecule is Cc1cc(C)nc(N2CCCCN2)n1. The fourth-order valence-electron chi connectivity index (χ4n) is 1.69. The molecule has 4 nitrogen and oxygen atoms in total. The Morgan fingerprint density at radius 3 is 2.50 bits per heavy atom. The minimum Gasteiger partial charge on any atom is -0.276 e. The van der Waals surface area contributed by atoms with Crippen molar-refractivity contribution in [2.24, 2.45) is 0 Å². The molecule has 76 valence electrons. The minimum absolute atomic E-state index is 0.808. The molecule has 0 bridgehead atoms. The molecule has 14 heavy (non-hydrogen) atoms. The Morgan fingerprint density at radius 1 is 1.21 bits per heavy atom. The molecule has 1 aromatic rings. The third-order valence-electron chi connectivity index (χ3n) is 2.32. The summed E-state index contributed by atoms with van der Waals surface area (Å²) in [6.07, 6.45) is 2.45. The number of aromatic nitrogens is 2. The van der Waals surface area contributed by atoms with Crippen molar-refractivity contribution in [2.75, 3.05) is 18.1 Å². The predicted octanol–water partition coefficient (Wildman–Crippen LogP) is 1.20. The molecule has 1 saturated heterocycles. The van der Waals surface area contributed by atoms with Crippen molar-refractivity contribution in [2.45, 2.75) is 26.7 Å². The molecule has 0 amide bonds. The van der Waals surface area contributed by atoms with E-state index in [1.54, 1.807) is 0 Å². The summed E-state index contributed by atoms with van der Waals surface area (Å²) in [5.41, 5.74) is 5.35. The number of hydrogen-bond acceptors (Lipinski definition) is 4. The molecule has 1 aromatic heterocycles. The molecule has 0 saturated carbocycles. The molecular formula is C10H16N4. The fourth-order valence-corrected chi connectivity index (χ4v) is 1.69. The number of anilines is 1. The Kier molecular flexibility index (Phi) is 2.63. The third-order valence-corrected chi connectivity index (χ3v) is 2.32. The van der Waals surface area contributed by atoms with Crippen LogP contribution in [0.1, 0.15) is 24.2 Å². The highest BCUT2D eigenvalue weighted by Crippen LogP contribution is 2.11. The highest BCUT2D eigenvalue weighted by Gasteiger charge is 2.13. The van der Waals surface area contributed by atoms with Crippen LogP contribution >= 0.6 is 0 Å². The van der Waals surface area contributed by atoms with Gasteiger partial charge >= 0.3 is 0 Å². The third kappa shape index (κ3) is 2.01. The van der Waals surface area contributed by atoms with Gasteiger partial charge in [0.05, 0.1) is 0 Å². The van der Waals surface area contributed by atoms with Gasteiger partial charge in [0.15, 0.2) is 0 Å². The van der Waals surface area contributed by atoms with Crippen molar-refractivity contribution < 1.29 is 0 Å². The number of nitrogens with one attached hydrogen (secondary N) is 1. The van der Waals surface area contributed by atoms with E-state index in [-0.39, 0.29) is 0 Å². The van der Waals surface area contributed by atoms with E-state index >= 15 is 0 Å². The van der Waals surface area contributed by atoms with Crippen LogP contribution in [0.25, 0.3) is 0 Å². The summed E-state index contributed by atoms with van der Waals surface area (Å²) in [6.45, 7) is 6.03. The smallest absolute Gasteiger partial charge is 0.240 e. The van der Waals surface area contributed by atoms with E-state index in [2.05, 4.69) is 15.4 Å². The van der Waals surface area contributed by atoms with E-state index in [1.807, 2.05) is 24.9 Å². The summed E-state index contributed by atoms with van der Waals surface area (Å²) >= 11 is 0. The molecular weight excluding hydrogens is 176 g/mol. The molecule has 0 spiro atoms. The average Bonchev–Trinajstić information content (AvgIpc) is 2.18. The van der Waals surface area contributed by atoms with Crippen molar-refractivity contribution in [3.05, 3.63) is 17.5 Å². The van der Waals surface area contributed by atoms with Crippen LogP contribution in [0.2, 0.25) is 0 Å². The van der Waals surface area contributed by atoms with Gasteiger partial charge in [0.2, 0.25) is 5.95 Å². The van der Waals surface area contributed by atoms with Gasteiger partial charge in [-0.3, -0.25) is 5.01 Å². The molecule has 2 heterocycles. The number of hydrazine groups is 1. The van der Waals surface area contributed by atoms with Gasteiger partial charge in [-0.1, -0.05) is 0 Å². The topological polar surface area (TPSA) is 41.1 Å². The van der Waals surface area contributed by atoms with E-state index in [1.165, 1.54) is 12.8 Å². The monoisotopic (exact) mass is 192 g/mol. The van der Waals surface area contributed by atoms with Crippen LogP contribution in [-0.2, 0) is 0 Å². The summed E-state index contributed by atoms with van der Waals surface area (Å²) in [7, 11) is 0. The first-order valence-corrected chi connectivity index (χ1v) is 5.09. The molecule has 0 unspecified atom stereocenters. The van der Waals surface area contributed by atoms with Crippen molar-refractivity contribution in [3.8, 4) is 0 Å². The maximum absolute atomic E-state index is 4.41. The maximum atomic E-state index is 4.41. The summed E-state index contributed by atoms with van der Waals surface area (Å²) in [4.78, 5) is 8.82. The van der Waals surface area contributed by atoms with Gasteiger partial charge in [-0.25, -0.2) is 15.4 Å². The maximum Gasteiger partial charge on any atom is 0.240 e. The highest BCUT2D eigenvalue weighted by molar-refractivity contribution is 5.30. The van der Waals surface area contributed by atoms with Crippen LogP contribution in [-0.4, -0.2) is 23.1 Å². The Morgan fingerprint density at radius 2 is 1.93 bits per heavy atom. The summed E-state index contributed by atoms with van der Waals surface area (Å²) in [5.74, 6) is 0.808. The first kappa shape index (κ1) is 9.40. The molecule has 2 rings (SSSR count). The Balaban J connectivity index is 2.21. The molecule has 1 N–H and O–H groups in total. The van der Waals surface area contributed by atoms with Gasteiger partial charge in [-0.15, -0.1) is 0 Å². The second kappa shape index (κ2) is 3.92. The Labute approximate surface area is 84.3 Å². The van der Waals surface area contributed by atoms with Crippen LogP contribution in [0.15, 0.2) is 6.07 Å². The fraction of sp³-hybridized carbons (Fsp3) is 0.600. The van der Waals surface area contributed by atoms with Crippen LogP contribution in [0.4, 0.5) is 5.95 Å². The van der Waals surface area contributed by atoms with E-state index < -0.39 is 0 Å². The standard InChI is InChI=1S/C10H16N4/c1-8-7-9(2)13-10(12-8)14-6-4-3-5-11-14/h7,11H,3-6H2,1-2H3. The zero-order valence-corrected chi connectivity index (χ0v) is 8.75. The van der Waals surface area contributed by atoms with Crippen molar-refractivity contribution in [3.63, 3.8) is 0 Å². The van der Waals surface area contributed by atoms with Crippen LogP contribution in [0.3, 0.4) is 0 Å². The summed E-state index contributed by atoms with van der Waals surface area (Å²) < 4.78 is 0. The molecule has 1 aliphatic heterocycles. The molecule has 0 aliphatic carbocycles. The quantitative estimate of drug-likeness (QED) is 0.726. The second-order valence-corrected chi connectivity index (χ2v) is 3.72. The lowest BCUT2D eigenvalue weighted by atomic mass is 10.3. The molecule has 1 fully saturated rings. The average molecular weight is 192 g/mol. The highest BCUT2D eigenvalue weighted by atomic mass is 15.5. The number of aryl methyl sites for hydroxylation is 2. The molecule has 1 aliphatic rings. The Hall–Kier alpha value is -1.16. The zero-order chi connectivity index (χ0) is 9.97. The number of nitrogens with zero attached hydrogens (tertiary/aromatic N) is 3. The molecule has 0 aromatic carbocycles. The van der Waals surface area contributed by atoms with E-state index in [9.17, 15) is 0 Å². The lowest BCUT2D eigenvalue weighted by molar-refractivity contribution is 0.501. The van der Waals surface area contributed by atoms with E-state index in [0.717, 1.165) is 30.4 Å². The first-order chi connectivity index (χ1) is 6.75. The molecule has 4 heteroatoms. The lowest BCUT2D eigenvalue weighted by Gasteiger charge is -2.27. The van der Waals surface area contributed by atoms with Crippen molar-refractivity contribution in [1.82, 2.24) is 15.4 Å². The summed E-state index contributed by atoms with van der Waals surface area (Å²) in [5, 5.41) is 2.05. The van der Waals surface area contributed by atoms with Gasteiger partial charge in [-0.05, 0) is 32.8 Å². The van der Waals surface area contributed by atoms with Crippen LogP contribution < -0.4 is 10.4 Å². The largest absolute Gasteiger partial charge is 0.276 e. The van der Waals surface area contributed by atoms with Crippen molar-refractivity contribution in [1.29, 1.82) is 0 Å². The predicted molar refractivity (Wildman–Crippen MR) is 56.1 cm³/mol. The van der Waals surface area contributed by atoms with E-state index in [4.69, 9.17) is 0 Å². The van der Waals surface area contributed by atoms with Gasteiger partial charge < -0.3 is 0 Å². The van der Waals surface area contributed by atoms with Gasteiger partial charge in [0, 0.05) is 24.5 Å². The zero-order valence-electron chi connectivity index (χ0n) is 8.75. The minimum atomic E-state index is 0.808. The second-order valence-electron chi connectivity index (χ2n) is 3.72. The molecule has 0 atom stereocenters. The lowest BCUT2D eigenvalue weighted by Crippen LogP contribution is -2.44. The number of rotatable bonds is 1. The van der Waals surface area contributed by atoms with Crippen LogP contribution in [0.5, 0.6) is 0 Å². The first-order valence-electron chi connectivity index (χ1n) is 5.09. The Bertz CT molecular complexity index is 298. The summed E-state index contributed by atoms with van der Waals surface area (Å²) in [6, 6.07) is 1.99. The molecule has 0 radical (unpaired) electrons. The van der Waals surface area contributed by atoms with Gasteiger partial charge in [0.1, 0.15) is 0 Å². The van der Waals surface area contributed by atoms with Gasteiger partial charge in [0.25, 0.3) is 0 Å². The van der Waals surface area contributed by atoms with Gasteiger partial charge in [-0.2, -0.15) is 0 Å². The van der Waals surface area contributed by atoms with Crippen molar-refractivity contribution >= 4 is 5.95 Å². The normalized spacial score (nSPS) is 17.1. The number of hydrogen-bond donors (Lipinski definition) is 1.